The number of aromatic nitrogens is 2. The van der Waals surface area contributed by atoms with E-state index in [-0.39, 0.29) is 5.82 Å². The van der Waals surface area contributed by atoms with E-state index in [2.05, 4.69) is 11.6 Å². The maximum atomic E-state index is 12.8. The zero-order valence-corrected chi connectivity index (χ0v) is 17.0. The lowest BCUT2D eigenvalue weighted by Gasteiger charge is -2.29. The van der Waals surface area contributed by atoms with Gasteiger partial charge in [0, 0.05) is 0 Å². The molecule has 146 valence electrons. The molecule has 2 amide bonds. The van der Waals surface area contributed by atoms with Crippen molar-refractivity contribution >= 4 is 29.6 Å². The van der Waals surface area contributed by atoms with Crippen LogP contribution in [0.5, 0.6) is 0 Å². The monoisotopic (exact) mass is 373 g/mol. The molecule has 0 N–H and O–H groups in total. The van der Waals surface area contributed by atoms with Crippen molar-refractivity contribution in [2.24, 2.45) is 0 Å². The van der Waals surface area contributed by atoms with Gasteiger partial charge in [0.1, 0.15) is 23.3 Å². The molecule has 0 atom stereocenters. The molecular weight excluding hydrogens is 346 g/mol. The molecule has 2 heterocycles. The first-order chi connectivity index (χ1) is 12.3. The molecule has 27 heavy (non-hydrogen) atoms. The second kappa shape index (κ2) is 7.06. The summed E-state index contributed by atoms with van der Waals surface area (Å²) in [7, 11) is 0. The Hall–Kier alpha value is -2.83. The minimum Gasteiger partial charge on any atom is -0.443 e. The average Bonchev–Trinajstić information content (AvgIpc) is 2.87. The van der Waals surface area contributed by atoms with Gasteiger partial charge in [-0.05, 0) is 66.2 Å². The molecule has 0 aliphatic carbocycles. The van der Waals surface area contributed by atoms with Gasteiger partial charge in [-0.15, -0.1) is 0 Å². The highest BCUT2D eigenvalue weighted by Crippen LogP contribution is 2.27. The highest BCUT2D eigenvalue weighted by Gasteiger charge is 2.34. The first kappa shape index (κ1) is 20.5. The van der Waals surface area contributed by atoms with E-state index >= 15 is 0 Å². The van der Waals surface area contributed by atoms with Gasteiger partial charge >= 0.3 is 12.2 Å². The van der Waals surface area contributed by atoms with Gasteiger partial charge in [-0.25, -0.2) is 14.6 Å². The zero-order chi connectivity index (χ0) is 20.6. The lowest BCUT2D eigenvalue weighted by Crippen LogP contribution is -2.44. The number of amides is 2. The lowest BCUT2D eigenvalue weighted by atomic mass is 10.2. The van der Waals surface area contributed by atoms with E-state index in [0.29, 0.717) is 0 Å². The van der Waals surface area contributed by atoms with Gasteiger partial charge in [-0.3, -0.25) is 4.40 Å². The highest BCUT2D eigenvalue weighted by atomic mass is 16.6. The third kappa shape index (κ3) is 4.67. The molecule has 2 aromatic heterocycles. The lowest BCUT2D eigenvalue weighted by molar-refractivity contribution is 0.0428. The summed E-state index contributed by atoms with van der Waals surface area (Å²) in [5, 5.41) is 0. The number of imide groups is 1. The fourth-order valence-corrected chi connectivity index (χ4v) is 2.51. The topological polar surface area (TPSA) is 73.1 Å². The van der Waals surface area contributed by atoms with E-state index < -0.39 is 23.4 Å². The van der Waals surface area contributed by atoms with E-state index in [4.69, 9.17) is 9.47 Å². The molecule has 0 fully saturated rings. The molecular formula is C20H27N3O4. The van der Waals surface area contributed by atoms with Crippen LogP contribution in [0, 0.1) is 6.92 Å². The number of aryl methyl sites for hydroxylation is 1. The molecule has 0 aliphatic rings. The minimum atomic E-state index is -0.823. The first-order valence-corrected chi connectivity index (χ1v) is 8.69. The van der Waals surface area contributed by atoms with E-state index in [9.17, 15) is 9.59 Å². The number of anilines is 1. The van der Waals surface area contributed by atoms with Crippen molar-refractivity contribution in [3.63, 3.8) is 0 Å². The summed E-state index contributed by atoms with van der Waals surface area (Å²) in [6.45, 7) is 16.0. The van der Waals surface area contributed by atoms with Crippen molar-refractivity contribution in [2.45, 2.75) is 59.7 Å². The third-order valence-corrected chi connectivity index (χ3v) is 3.48. The van der Waals surface area contributed by atoms with E-state index in [1.54, 1.807) is 70.5 Å². The Bertz CT molecular complexity index is 857. The summed E-state index contributed by atoms with van der Waals surface area (Å²) in [6.07, 6.45) is 1.60. The molecule has 0 saturated heterocycles. The van der Waals surface area contributed by atoms with Gasteiger partial charge in [-0.2, -0.15) is 4.90 Å². The van der Waals surface area contributed by atoms with E-state index in [1.807, 2.05) is 6.92 Å². The second-order valence-electron chi connectivity index (χ2n) is 8.20. The Balaban J connectivity index is 2.63. The van der Waals surface area contributed by atoms with Gasteiger partial charge in [0.2, 0.25) is 0 Å². The number of pyridine rings is 1. The maximum absolute atomic E-state index is 12.8. The molecule has 0 spiro atoms. The van der Waals surface area contributed by atoms with Gasteiger partial charge in [0.05, 0.1) is 11.2 Å². The van der Waals surface area contributed by atoms with Gasteiger partial charge < -0.3 is 9.47 Å². The molecule has 0 aromatic carbocycles. The van der Waals surface area contributed by atoms with Gasteiger partial charge in [0.15, 0.2) is 0 Å². The molecule has 0 unspecified atom stereocenters. The van der Waals surface area contributed by atoms with Crippen LogP contribution in [0.25, 0.3) is 11.6 Å². The highest BCUT2D eigenvalue weighted by molar-refractivity contribution is 6.09. The summed E-state index contributed by atoms with van der Waals surface area (Å²) >= 11 is 0. The Morgan fingerprint density at radius 2 is 1.59 bits per heavy atom. The Morgan fingerprint density at radius 3 is 2.04 bits per heavy atom. The molecule has 7 heteroatoms. The number of rotatable bonds is 2. The number of hydrogen-bond acceptors (Lipinski definition) is 5. The summed E-state index contributed by atoms with van der Waals surface area (Å²) in [5.41, 5.74) is 0.784. The predicted octanol–water partition coefficient (Wildman–Crippen LogP) is 4.96. The largest absolute Gasteiger partial charge is 0.443 e. The molecule has 2 rings (SSSR count). The van der Waals surface area contributed by atoms with Crippen LogP contribution in [0.3, 0.4) is 0 Å². The minimum absolute atomic E-state index is 0.278. The standard InChI is InChI=1S/C20H27N3O4/c1-9-14-10-11-15(22-12-21-13(2)16(14)22)23(17(24)26-19(3,4)5)18(25)27-20(6,7)8/h9-12H,1H2,2-8H3. The van der Waals surface area contributed by atoms with Crippen LogP contribution >= 0.6 is 0 Å². The van der Waals surface area contributed by atoms with Crippen molar-refractivity contribution in [1.29, 1.82) is 0 Å². The van der Waals surface area contributed by atoms with Crippen molar-refractivity contribution < 1.29 is 19.1 Å². The SMILES string of the molecule is C=Cc1ccc(N(C(=O)OC(C)(C)C)C(=O)OC(C)(C)C)n2cnc(C)c12. The van der Waals surface area contributed by atoms with Gasteiger partial charge in [-0.1, -0.05) is 12.7 Å². The summed E-state index contributed by atoms with van der Waals surface area (Å²) < 4.78 is 12.5. The van der Waals surface area contributed by atoms with Crippen LogP contribution in [0.1, 0.15) is 52.8 Å². The number of nitrogens with zero attached hydrogens (tertiary/aromatic N) is 3. The van der Waals surface area contributed by atoms with Crippen molar-refractivity contribution in [3.05, 3.63) is 36.3 Å². The van der Waals surface area contributed by atoms with Crippen LogP contribution < -0.4 is 4.90 Å². The summed E-state index contributed by atoms with van der Waals surface area (Å²) in [5.74, 6) is 0.278. The van der Waals surface area contributed by atoms with E-state index in [0.717, 1.165) is 21.7 Å². The number of ether oxygens (including phenoxy) is 2. The molecule has 7 nitrogen and oxygen atoms in total. The molecule has 0 bridgehead atoms. The molecule has 0 saturated carbocycles. The van der Waals surface area contributed by atoms with Crippen LogP contribution in [-0.2, 0) is 9.47 Å². The molecule has 2 aromatic rings. The normalized spacial score (nSPS) is 12.0. The average molecular weight is 373 g/mol. The van der Waals surface area contributed by atoms with Crippen LogP contribution in [0.2, 0.25) is 0 Å². The zero-order valence-electron chi connectivity index (χ0n) is 17.0. The summed E-state index contributed by atoms with van der Waals surface area (Å²) in [4.78, 5) is 30.9. The second-order valence-corrected chi connectivity index (χ2v) is 8.20. The quantitative estimate of drug-likeness (QED) is 0.744. The maximum Gasteiger partial charge on any atom is 0.425 e. The number of carbonyl (C=O) groups is 2. The van der Waals surface area contributed by atoms with Crippen molar-refractivity contribution in [1.82, 2.24) is 9.38 Å². The third-order valence-electron chi connectivity index (χ3n) is 3.48. The van der Waals surface area contributed by atoms with Crippen LogP contribution in [0.15, 0.2) is 25.0 Å². The summed E-state index contributed by atoms with van der Waals surface area (Å²) in [6, 6.07) is 3.41. The molecule has 0 aliphatic heterocycles. The Morgan fingerprint density at radius 1 is 1.07 bits per heavy atom. The Kier molecular flexibility index (Phi) is 5.35. The first-order valence-electron chi connectivity index (χ1n) is 8.69. The number of carbonyl (C=O) groups excluding carboxylic acids is 2. The Labute approximate surface area is 159 Å². The number of imidazole rings is 1. The smallest absolute Gasteiger partial charge is 0.425 e. The number of fused-ring (bicyclic) bond motifs is 1. The van der Waals surface area contributed by atoms with Crippen molar-refractivity contribution in [2.75, 3.05) is 4.90 Å². The van der Waals surface area contributed by atoms with E-state index in [1.165, 1.54) is 0 Å². The predicted molar refractivity (Wildman–Crippen MR) is 105 cm³/mol. The van der Waals surface area contributed by atoms with Crippen molar-refractivity contribution in [3.8, 4) is 0 Å². The molecule has 0 radical (unpaired) electrons. The fourth-order valence-electron chi connectivity index (χ4n) is 2.51. The number of hydrogen-bond donors (Lipinski definition) is 0. The fraction of sp³-hybridized carbons (Fsp3) is 0.450. The van der Waals surface area contributed by atoms with Crippen LogP contribution in [0.4, 0.5) is 15.4 Å². The van der Waals surface area contributed by atoms with Gasteiger partial charge in [0.25, 0.3) is 0 Å². The van der Waals surface area contributed by atoms with Crippen LogP contribution in [-0.4, -0.2) is 32.8 Å².